The van der Waals surface area contributed by atoms with Crippen LogP contribution in [0, 0.1) is 0 Å². The van der Waals surface area contributed by atoms with Gasteiger partial charge in [0.1, 0.15) is 6.10 Å². The molecule has 24 heavy (non-hydrogen) atoms. The number of aryl methyl sites for hydroxylation is 1. The van der Waals surface area contributed by atoms with Gasteiger partial charge in [0.2, 0.25) is 11.8 Å². The number of likely N-dealkylation sites (tertiary alicyclic amines) is 1. The van der Waals surface area contributed by atoms with E-state index in [1.54, 1.807) is 23.2 Å². The second kappa shape index (κ2) is 7.07. The van der Waals surface area contributed by atoms with E-state index in [4.69, 9.17) is 4.74 Å². The van der Waals surface area contributed by atoms with Crippen LogP contribution in [0.2, 0.25) is 0 Å². The second-order valence-electron chi connectivity index (χ2n) is 5.48. The van der Waals surface area contributed by atoms with Crippen LogP contribution in [0.3, 0.4) is 0 Å². The van der Waals surface area contributed by atoms with Crippen LogP contribution in [0.25, 0.3) is 0 Å². The molecule has 2 aromatic rings. The molecule has 3 rings (SSSR count). The largest absolute Gasteiger partial charge is 0.471 e. The Labute approximate surface area is 136 Å². The predicted molar refractivity (Wildman–Crippen MR) is 83.6 cm³/mol. The SMILES string of the molecule is O=C(CCn1ccc(=O)[nH]c1=O)N1CC[C@@H](Oc2cccnn2)C1. The summed E-state index contributed by atoms with van der Waals surface area (Å²) >= 11 is 0. The van der Waals surface area contributed by atoms with Crippen molar-refractivity contribution in [2.24, 2.45) is 0 Å². The standard InChI is InChI=1S/C15H17N5O4/c21-12-4-8-19(15(23)17-12)9-5-14(22)20-7-3-11(10-20)24-13-2-1-6-16-18-13/h1-2,4,6,8,11H,3,5,7,9-10H2,(H,17,21,23)/t11-/m1/s1. The van der Waals surface area contributed by atoms with Gasteiger partial charge >= 0.3 is 5.69 Å². The van der Waals surface area contributed by atoms with E-state index in [1.807, 2.05) is 0 Å². The van der Waals surface area contributed by atoms with Crippen molar-refractivity contribution >= 4 is 5.91 Å². The highest BCUT2D eigenvalue weighted by molar-refractivity contribution is 5.76. The number of amides is 1. The number of nitrogens with one attached hydrogen (secondary N) is 1. The first-order valence-electron chi connectivity index (χ1n) is 7.64. The van der Waals surface area contributed by atoms with E-state index >= 15 is 0 Å². The van der Waals surface area contributed by atoms with Crippen molar-refractivity contribution in [3.63, 3.8) is 0 Å². The molecule has 1 amide bonds. The Morgan fingerprint density at radius 2 is 2.25 bits per heavy atom. The number of nitrogens with zero attached hydrogens (tertiary/aromatic N) is 4. The van der Waals surface area contributed by atoms with Crippen LogP contribution in [0.15, 0.2) is 40.2 Å². The highest BCUT2D eigenvalue weighted by Crippen LogP contribution is 2.16. The molecule has 0 spiro atoms. The summed E-state index contributed by atoms with van der Waals surface area (Å²) in [6.07, 6.45) is 3.75. The van der Waals surface area contributed by atoms with Gasteiger partial charge in [-0.25, -0.2) is 4.79 Å². The molecule has 1 N–H and O–H groups in total. The van der Waals surface area contributed by atoms with Crippen LogP contribution in [0.4, 0.5) is 0 Å². The minimum absolute atomic E-state index is 0.0571. The molecule has 0 aromatic carbocycles. The number of rotatable bonds is 5. The zero-order valence-electron chi connectivity index (χ0n) is 12.9. The number of carbonyl (C=O) groups excluding carboxylic acids is 1. The molecule has 0 bridgehead atoms. The van der Waals surface area contributed by atoms with Gasteiger partial charge in [0, 0.05) is 50.5 Å². The minimum Gasteiger partial charge on any atom is -0.471 e. The van der Waals surface area contributed by atoms with E-state index in [0.29, 0.717) is 19.0 Å². The van der Waals surface area contributed by atoms with Gasteiger partial charge in [-0.15, -0.1) is 5.10 Å². The summed E-state index contributed by atoms with van der Waals surface area (Å²) in [5, 5.41) is 7.61. The van der Waals surface area contributed by atoms with Crippen molar-refractivity contribution < 1.29 is 9.53 Å². The molecule has 1 aliphatic heterocycles. The second-order valence-corrected chi connectivity index (χ2v) is 5.48. The third-order valence-electron chi connectivity index (χ3n) is 3.80. The lowest BCUT2D eigenvalue weighted by molar-refractivity contribution is -0.130. The Bertz CT molecular complexity index is 816. The minimum atomic E-state index is -0.513. The van der Waals surface area contributed by atoms with Crippen molar-refractivity contribution in [2.45, 2.75) is 25.5 Å². The highest BCUT2D eigenvalue weighted by atomic mass is 16.5. The summed E-state index contributed by atoms with van der Waals surface area (Å²) in [6, 6.07) is 4.72. The first kappa shape index (κ1) is 15.9. The van der Waals surface area contributed by atoms with Crippen LogP contribution in [0.1, 0.15) is 12.8 Å². The van der Waals surface area contributed by atoms with Gasteiger partial charge < -0.3 is 14.2 Å². The van der Waals surface area contributed by atoms with Gasteiger partial charge in [0.25, 0.3) is 5.56 Å². The van der Waals surface area contributed by atoms with Crippen molar-refractivity contribution in [2.75, 3.05) is 13.1 Å². The summed E-state index contributed by atoms with van der Waals surface area (Å²) in [4.78, 5) is 38.7. The van der Waals surface area contributed by atoms with E-state index in [1.165, 1.54) is 16.8 Å². The summed E-state index contributed by atoms with van der Waals surface area (Å²) < 4.78 is 7.00. The average Bonchev–Trinajstić information content (AvgIpc) is 3.03. The maximum Gasteiger partial charge on any atom is 0.328 e. The summed E-state index contributed by atoms with van der Waals surface area (Å²) in [5.41, 5.74) is -0.966. The number of ether oxygens (including phenoxy) is 1. The summed E-state index contributed by atoms with van der Waals surface area (Å²) in [5.74, 6) is 0.384. The molecule has 1 aliphatic rings. The molecule has 9 heteroatoms. The molecule has 1 fully saturated rings. The van der Waals surface area contributed by atoms with Gasteiger partial charge in [-0.05, 0) is 6.07 Å². The van der Waals surface area contributed by atoms with E-state index in [-0.39, 0.29) is 25.0 Å². The Morgan fingerprint density at radius 1 is 1.38 bits per heavy atom. The lowest BCUT2D eigenvalue weighted by Crippen LogP contribution is -2.34. The fraction of sp³-hybridized carbons (Fsp3) is 0.400. The monoisotopic (exact) mass is 331 g/mol. The summed E-state index contributed by atoms with van der Waals surface area (Å²) in [7, 11) is 0. The van der Waals surface area contributed by atoms with E-state index in [0.717, 1.165) is 6.42 Å². The average molecular weight is 331 g/mol. The smallest absolute Gasteiger partial charge is 0.328 e. The normalized spacial score (nSPS) is 17.0. The Hall–Kier alpha value is -2.97. The van der Waals surface area contributed by atoms with Crippen molar-refractivity contribution in [1.82, 2.24) is 24.6 Å². The fourth-order valence-corrected chi connectivity index (χ4v) is 2.57. The third-order valence-corrected chi connectivity index (χ3v) is 3.80. The van der Waals surface area contributed by atoms with Crippen molar-refractivity contribution in [1.29, 1.82) is 0 Å². The zero-order chi connectivity index (χ0) is 16.9. The number of aromatic nitrogens is 4. The van der Waals surface area contributed by atoms with Gasteiger partial charge in [-0.3, -0.25) is 14.6 Å². The molecule has 9 nitrogen and oxygen atoms in total. The Balaban J connectivity index is 1.51. The van der Waals surface area contributed by atoms with E-state index in [2.05, 4.69) is 15.2 Å². The molecular weight excluding hydrogens is 314 g/mol. The predicted octanol–water partition coefficient (Wildman–Crippen LogP) is -0.603. The summed E-state index contributed by atoms with van der Waals surface area (Å²) in [6.45, 7) is 1.31. The lowest BCUT2D eigenvalue weighted by Gasteiger charge is -2.17. The zero-order valence-corrected chi connectivity index (χ0v) is 12.9. The fourth-order valence-electron chi connectivity index (χ4n) is 2.57. The Morgan fingerprint density at radius 3 is 3.00 bits per heavy atom. The Kier molecular flexibility index (Phi) is 4.69. The first-order chi connectivity index (χ1) is 11.6. The number of H-pyrrole nitrogens is 1. The number of aromatic amines is 1. The van der Waals surface area contributed by atoms with Gasteiger partial charge in [-0.1, -0.05) is 0 Å². The quantitative estimate of drug-likeness (QED) is 0.783. The highest BCUT2D eigenvalue weighted by Gasteiger charge is 2.27. The van der Waals surface area contributed by atoms with Gasteiger partial charge in [0.15, 0.2) is 0 Å². The maximum atomic E-state index is 12.2. The van der Waals surface area contributed by atoms with Crippen LogP contribution in [0.5, 0.6) is 5.88 Å². The molecule has 0 saturated carbocycles. The maximum absolute atomic E-state index is 12.2. The number of hydrogen-bond donors (Lipinski definition) is 1. The van der Waals surface area contributed by atoms with Crippen LogP contribution < -0.4 is 16.0 Å². The molecule has 0 radical (unpaired) electrons. The molecule has 0 aliphatic carbocycles. The van der Waals surface area contributed by atoms with Gasteiger partial charge in [-0.2, -0.15) is 5.10 Å². The molecule has 2 aromatic heterocycles. The van der Waals surface area contributed by atoms with Crippen LogP contribution >= 0.6 is 0 Å². The van der Waals surface area contributed by atoms with E-state index < -0.39 is 11.2 Å². The molecule has 0 unspecified atom stereocenters. The molecular formula is C15H17N5O4. The van der Waals surface area contributed by atoms with Gasteiger partial charge in [0.05, 0.1) is 6.54 Å². The number of hydrogen-bond acceptors (Lipinski definition) is 6. The topological polar surface area (TPSA) is 110 Å². The first-order valence-corrected chi connectivity index (χ1v) is 7.64. The van der Waals surface area contributed by atoms with Crippen LogP contribution in [-0.2, 0) is 11.3 Å². The lowest BCUT2D eigenvalue weighted by atomic mass is 10.3. The molecule has 3 heterocycles. The molecule has 1 atom stereocenters. The number of carbonyl (C=O) groups is 1. The van der Waals surface area contributed by atoms with E-state index in [9.17, 15) is 14.4 Å². The van der Waals surface area contributed by atoms with Crippen LogP contribution in [-0.4, -0.2) is 49.7 Å². The molecule has 126 valence electrons. The molecule has 1 saturated heterocycles. The third kappa shape index (κ3) is 3.86. The van der Waals surface area contributed by atoms with Crippen molar-refractivity contribution in [3.8, 4) is 5.88 Å². The van der Waals surface area contributed by atoms with Crippen molar-refractivity contribution in [3.05, 3.63) is 51.4 Å².